The molecule has 2 rings (SSSR count). The first-order valence-corrected chi connectivity index (χ1v) is 7.92. The van der Waals surface area contributed by atoms with Gasteiger partial charge in [0.05, 0.1) is 11.1 Å². The second-order valence-corrected chi connectivity index (χ2v) is 6.58. The Bertz CT molecular complexity index is 635. The van der Waals surface area contributed by atoms with Crippen LogP contribution in [0.3, 0.4) is 0 Å². The first-order valence-electron chi connectivity index (χ1n) is 6.64. The Hall–Kier alpha value is -2.02. The van der Waals surface area contributed by atoms with E-state index in [-0.39, 0.29) is 16.9 Å². The van der Waals surface area contributed by atoms with Gasteiger partial charge in [0.1, 0.15) is 11.4 Å². The van der Waals surface area contributed by atoms with E-state index in [1.165, 1.54) is 6.07 Å². The van der Waals surface area contributed by atoms with Crippen LogP contribution in [0.1, 0.15) is 41.5 Å². The van der Waals surface area contributed by atoms with Crippen molar-refractivity contribution in [1.82, 2.24) is 5.32 Å². The highest BCUT2D eigenvalue weighted by molar-refractivity contribution is 7.99. The first kappa shape index (κ1) is 16.4. The van der Waals surface area contributed by atoms with Crippen molar-refractivity contribution in [2.75, 3.05) is 6.26 Å². The topological polar surface area (TPSA) is 81.7 Å². The maximum Gasteiger partial charge on any atom is 0.358 e. The zero-order valence-electron chi connectivity index (χ0n) is 12.8. The van der Waals surface area contributed by atoms with Crippen LogP contribution in [0.5, 0.6) is 5.75 Å². The third-order valence-electron chi connectivity index (χ3n) is 2.77. The van der Waals surface area contributed by atoms with Crippen molar-refractivity contribution in [2.24, 2.45) is 0 Å². The number of imide groups is 1. The number of carbonyl (C=O) groups excluding carboxylic acids is 3. The summed E-state index contributed by atoms with van der Waals surface area (Å²) in [7, 11) is 0. The fourth-order valence-corrected chi connectivity index (χ4v) is 2.38. The fourth-order valence-electron chi connectivity index (χ4n) is 1.94. The molecule has 1 heterocycles. The predicted molar refractivity (Wildman–Crippen MR) is 82.0 cm³/mol. The van der Waals surface area contributed by atoms with E-state index in [4.69, 9.17) is 9.47 Å². The first-order chi connectivity index (χ1) is 10.2. The molecular formula is C15H17NO5S. The van der Waals surface area contributed by atoms with Crippen molar-refractivity contribution < 1.29 is 23.9 Å². The molecule has 0 saturated heterocycles. The number of hydrogen-bond acceptors (Lipinski definition) is 6. The fraction of sp³-hybridized carbons (Fsp3) is 0.400. The van der Waals surface area contributed by atoms with E-state index in [0.717, 1.165) is 11.8 Å². The minimum atomic E-state index is -0.922. The molecule has 1 unspecified atom stereocenters. The van der Waals surface area contributed by atoms with Gasteiger partial charge in [0, 0.05) is 0 Å². The summed E-state index contributed by atoms with van der Waals surface area (Å²) in [4.78, 5) is 35.6. The zero-order valence-corrected chi connectivity index (χ0v) is 13.6. The van der Waals surface area contributed by atoms with Crippen molar-refractivity contribution in [3.63, 3.8) is 0 Å². The maximum atomic E-state index is 12.1. The van der Waals surface area contributed by atoms with Crippen LogP contribution in [-0.4, -0.2) is 35.1 Å². The lowest BCUT2D eigenvalue weighted by atomic mass is 10.1. The molecule has 0 fully saturated rings. The second-order valence-electron chi connectivity index (χ2n) is 5.68. The monoisotopic (exact) mass is 323 g/mol. The van der Waals surface area contributed by atoms with Gasteiger partial charge in [-0.3, -0.25) is 14.9 Å². The molecule has 118 valence electrons. The van der Waals surface area contributed by atoms with E-state index in [1.54, 1.807) is 39.2 Å². The second kappa shape index (κ2) is 6.00. The van der Waals surface area contributed by atoms with Gasteiger partial charge in [0.2, 0.25) is 5.44 Å². The molecule has 2 amide bonds. The van der Waals surface area contributed by atoms with Crippen molar-refractivity contribution in [1.29, 1.82) is 0 Å². The van der Waals surface area contributed by atoms with E-state index >= 15 is 0 Å². The van der Waals surface area contributed by atoms with Gasteiger partial charge < -0.3 is 9.47 Å². The van der Waals surface area contributed by atoms with Crippen molar-refractivity contribution >= 4 is 29.5 Å². The quantitative estimate of drug-likeness (QED) is 0.518. The lowest BCUT2D eigenvalue weighted by Crippen LogP contribution is -2.33. The standard InChI is InChI=1S/C15H17NO5S/c1-15(2,3)21-13(19)14(22-4)20-9-7-5-6-8-10(9)12(18)16-11(8)17/h5-7,14H,1-4H3,(H,16,17,18). The van der Waals surface area contributed by atoms with Crippen molar-refractivity contribution in [2.45, 2.75) is 31.8 Å². The summed E-state index contributed by atoms with van der Waals surface area (Å²) in [5.41, 5.74) is -1.17. The van der Waals surface area contributed by atoms with E-state index in [9.17, 15) is 14.4 Å². The molecule has 6 nitrogen and oxygen atoms in total. The van der Waals surface area contributed by atoms with Crippen LogP contribution < -0.4 is 10.1 Å². The molecule has 0 aromatic heterocycles. The number of fused-ring (bicyclic) bond motifs is 1. The summed E-state index contributed by atoms with van der Waals surface area (Å²) >= 11 is 1.15. The summed E-state index contributed by atoms with van der Waals surface area (Å²) < 4.78 is 10.9. The van der Waals surface area contributed by atoms with Crippen LogP contribution in [0.4, 0.5) is 0 Å². The van der Waals surface area contributed by atoms with Crippen LogP contribution in [0.25, 0.3) is 0 Å². The number of rotatable bonds is 4. The van der Waals surface area contributed by atoms with Crippen LogP contribution >= 0.6 is 11.8 Å². The number of thioether (sulfide) groups is 1. The van der Waals surface area contributed by atoms with Gasteiger partial charge in [-0.1, -0.05) is 6.07 Å². The van der Waals surface area contributed by atoms with Crippen LogP contribution in [0, 0.1) is 0 Å². The van der Waals surface area contributed by atoms with Crippen LogP contribution in [-0.2, 0) is 9.53 Å². The molecule has 1 aliphatic rings. The van der Waals surface area contributed by atoms with Gasteiger partial charge in [-0.25, -0.2) is 4.79 Å². The molecule has 1 aromatic carbocycles. The van der Waals surface area contributed by atoms with Gasteiger partial charge in [0.25, 0.3) is 11.8 Å². The van der Waals surface area contributed by atoms with E-state index in [2.05, 4.69) is 5.32 Å². The average Bonchev–Trinajstić information content (AvgIpc) is 2.70. The van der Waals surface area contributed by atoms with Crippen molar-refractivity contribution in [3.8, 4) is 5.75 Å². The van der Waals surface area contributed by atoms with Gasteiger partial charge in [-0.15, -0.1) is 11.8 Å². The molecule has 0 aliphatic carbocycles. The predicted octanol–water partition coefficient (Wildman–Crippen LogP) is 1.98. The Balaban J connectivity index is 2.25. The molecule has 0 spiro atoms. The molecule has 1 aliphatic heterocycles. The highest BCUT2D eigenvalue weighted by Crippen LogP contribution is 2.29. The molecule has 7 heteroatoms. The van der Waals surface area contributed by atoms with Crippen molar-refractivity contribution in [3.05, 3.63) is 29.3 Å². The maximum absolute atomic E-state index is 12.1. The SMILES string of the molecule is CSC(Oc1cccc2c1C(=O)NC2=O)C(=O)OC(C)(C)C. The zero-order chi connectivity index (χ0) is 16.5. The molecule has 1 atom stereocenters. The number of esters is 1. The van der Waals surface area contributed by atoms with Crippen LogP contribution in [0.15, 0.2) is 18.2 Å². The Morgan fingerprint density at radius 3 is 2.50 bits per heavy atom. The number of carbonyl (C=O) groups is 3. The summed E-state index contributed by atoms with van der Waals surface area (Å²) in [5, 5.41) is 2.20. The van der Waals surface area contributed by atoms with Gasteiger partial charge >= 0.3 is 5.97 Å². The molecular weight excluding hydrogens is 306 g/mol. The van der Waals surface area contributed by atoms with Crippen LogP contribution in [0.2, 0.25) is 0 Å². The summed E-state index contributed by atoms with van der Waals surface area (Å²) in [6.45, 7) is 5.28. The summed E-state index contributed by atoms with van der Waals surface area (Å²) in [5.74, 6) is -1.35. The Labute approximate surface area is 132 Å². The minimum Gasteiger partial charge on any atom is -0.467 e. The summed E-state index contributed by atoms with van der Waals surface area (Å²) in [6.07, 6.45) is 1.70. The van der Waals surface area contributed by atoms with E-state index in [1.807, 2.05) is 0 Å². The molecule has 1 N–H and O–H groups in total. The molecule has 22 heavy (non-hydrogen) atoms. The van der Waals surface area contributed by atoms with E-state index < -0.39 is 28.8 Å². The number of ether oxygens (including phenoxy) is 2. The molecule has 0 bridgehead atoms. The normalized spacial score (nSPS) is 15.1. The number of nitrogens with one attached hydrogen (secondary N) is 1. The average molecular weight is 323 g/mol. The third kappa shape index (κ3) is 3.41. The number of hydrogen-bond donors (Lipinski definition) is 1. The highest BCUT2D eigenvalue weighted by Gasteiger charge is 2.33. The molecule has 0 radical (unpaired) electrons. The van der Waals surface area contributed by atoms with Gasteiger partial charge in [-0.2, -0.15) is 0 Å². The number of benzene rings is 1. The van der Waals surface area contributed by atoms with E-state index in [0.29, 0.717) is 0 Å². The lowest BCUT2D eigenvalue weighted by molar-refractivity contribution is -0.159. The molecule has 0 saturated carbocycles. The Morgan fingerprint density at radius 1 is 1.23 bits per heavy atom. The summed E-state index contributed by atoms with van der Waals surface area (Å²) in [6, 6.07) is 4.67. The number of amides is 2. The van der Waals surface area contributed by atoms with Gasteiger partial charge in [-0.05, 0) is 39.2 Å². The highest BCUT2D eigenvalue weighted by atomic mass is 32.2. The Morgan fingerprint density at radius 2 is 1.91 bits per heavy atom. The largest absolute Gasteiger partial charge is 0.467 e. The lowest BCUT2D eigenvalue weighted by Gasteiger charge is -2.23. The third-order valence-corrected chi connectivity index (χ3v) is 3.49. The van der Waals surface area contributed by atoms with Gasteiger partial charge in [0.15, 0.2) is 0 Å². The molecule has 1 aromatic rings. The smallest absolute Gasteiger partial charge is 0.358 e. The minimum absolute atomic E-state index is 0.148. The Kier molecular flexibility index (Phi) is 4.46.